The maximum atomic E-state index is 12.9. The van der Waals surface area contributed by atoms with Crippen molar-refractivity contribution in [1.29, 1.82) is 0 Å². The Morgan fingerprint density at radius 1 is 1.15 bits per heavy atom. The zero-order valence-corrected chi connectivity index (χ0v) is 17.4. The van der Waals surface area contributed by atoms with Crippen molar-refractivity contribution >= 4 is 15.9 Å². The molecule has 1 aliphatic carbocycles. The number of nitrogens with zero attached hydrogens (tertiary/aromatic N) is 1. The topological polar surface area (TPSA) is 66.5 Å². The van der Waals surface area contributed by atoms with Crippen molar-refractivity contribution in [3.05, 3.63) is 42.0 Å². The zero-order chi connectivity index (χ0) is 19.8. The summed E-state index contributed by atoms with van der Waals surface area (Å²) in [6.07, 6.45) is 3.51. The van der Waals surface area contributed by atoms with Crippen LogP contribution in [0, 0.1) is 17.3 Å². The molecule has 148 valence electrons. The fraction of sp³-hybridized carbons (Fsp3) is 0.571. The number of carbonyl (C=O) groups is 1. The van der Waals surface area contributed by atoms with Gasteiger partial charge >= 0.3 is 0 Å². The summed E-state index contributed by atoms with van der Waals surface area (Å²) in [5.74, 6) is 0.570. The molecule has 3 rings (SSSR count). The molecule has 1 heterocycles. The number of amides is 1. The monoisotopic (exact) mass is 390 g/mol. The van der Waals surface area contributed by atoms with E-state index in [0.29, 0.717) is 31.8 Å². The van der Waals surface area contributed by atoms with E-state index in [1.54, 1.807) is 30.3 Å². The van der Waals surface area contributed by atoms with E-state index in [9.17, 15) is 13.2 Å². The lowest BCUT2D eigenvalue weighted by Gasteiger charge is -2.32. The molecule has 1 amide bonds. The largest absolute Gasteiger partial charge is 0.342 e. The van der Waals surface area contributed by atoms with Crippen molar-refractivity contribution in [2.75, 3.05) is 13.1 Å². The van der Waals surface area contributed by atoms with Gasteiger partial charge in [-0.3, -0.25) is 4.79 Å². The number of hydrogen-bond acceptors (Lipinski definition) is 3. The van der Waals surface area contributed by atoms with Gasteiger partial charge in [0.05, 0.1) is 10.8 Å². The third-order valence-corrected chi connectivity index (χ3v) is 7.41. The molecule has 0 bridgehead atoms. The lowest BCUT2D eigenvalue weighted by molar-refractivity contribution is -0.134. The molecule has 0 aromatic heterocycles. The maximum Gasteiger partial charge on any atom is 0.240 e. The Kier molecular flexibility index (Phi) is 5.50. The second kappa shape index (κ2) is 7.40. The molecule has 2 fully saturated rings. The normalized spacial score (nSPS) is 25.1. The van der Waals surface area contributed by atoms with Crippen LogP contribution in [-0.2, 0) is 14.8 Å². The van der Waals surface area contributed by atoms with Gasteiger partial charge in [-0.25, -0.2) is 13.1 Å². The highest BCUT2D eigenvalue weighted by molar-refractivity contribution is 7.89. The number of benzene rings is 1. The summed E-state index contributed by atoms with van der Waals surface area (Å²) >= 11 is 0. The van der Waals surface area contributed by atoms with Gasteiger partial charge < -0.3 is 4.90 Å². The molecular formula is C21H30N2O3S. The highest BCUT2D eigenvalue weighted by Crippen LogP contribution is 2.60. The van der Waals surface area contributed by atoms with Crippen LogP contribution in [-0.4, -0.2) is 38.4 Å². The molecular weight excluding hydrogens is 360 g/mol. The number of nitrogens with one attached hydrogen (secondary N) is 1. The first-order chi connectivity index (χ1) is 12.6. The van der Waals surface area contributed by atoms with E-state index in [1.165, 1.54) is 5.57 Å². The Bertz CT molecular complexity index is 818. The minimum Gasteiger partial charge on any atom is -0.342 e. The second-order valence-corrected chi connectivity index (χ2v) is 10.3. The molecule has 5 nitrogen and oxygen atoms in total. The number of hydrogen-bond donors (Lipinski definition) is 1. The molecule has 1 aromatic carbocycles. The van der Waals surface area contributed by atoms with Crippen molar-refractivity contribution in [2.45, 2.75) is 51.5 Å². The molecule has 27 heavy (non-hydrogen) atoms. The minimum atomic E-state index is -3.50. The molecule has 0 spiro atoms. The molecule has 2 atom stereocenters. The quantitative estimate of drug-likeness (QED) is 0.785. The highest BCUT2D eigenvalue weighted by atomic mass is 32.2. The van der Waals surface area contributed by atoms with Gasteiger partial charge in [0.15, 0.2) is 0 Å². The number of likely N-dealkylation sites (tertiary alicyclic amines) is 1. The van der Waals surface area contributed by atoms with Crippen LogP contribution >= 0.6 is 0 Å². The Morgan fingerprint density at radius 2 is 1.74 bits per heavy atom. The first-order valence-electron chi connectivity index (χ1n) is 9.64. The molecule has 6 heteroatoms. The van der Waals surface area contributed by atoms with Crippen molar-refractivity contribution < 1.29 is 13.2 Å². The van der Waals surface area contributed by atoms with Gasteiger partial charge in [0.2, 0.25) is 15.9 Å². The first kappa shape index (κ1) is 20.1. The van der Waals surface area contributed by atoms with Crippen molar-refractivity contribution in [3.8, 4) is 0 Å². The molecule has 2 aliphatic rings. The molecule has 1 aliphatic heterocycles. The number of rotatable bonds is 5. The van der Waals surface area contributed by atoms with Crippen LogP contribution in [0.25, 0.3) is 0 Å². The van der Waals surface area contributed by atoms with E-state index in [4.69, 9.17) is 0 Å². The maximum absolute atomic E-state index is 12.9. The highest BCUT2D eigenvalue weighted by Gasteiger charge is 2.61. The number of carbonyl (C=O) groups excluding carboxylic acids is 1. The van der Waals surface area contributed by atoms with Crippen LogP contribution in [0.15, 0.2) is 46.9 Å². The second-order valence-electron chi connectivity index (χ2n) is 8.60. The van der Waals surface area contributed by atoms with Gasteiger partial charge in [0, 0.05) is 19.1 Å². The SMILES string of the molecule is CC(C)=C[C@H]1[C@H](C(=O)N2CCC(NS(=O)(=O)c3ccccc3)CC2)C1(C)C. The van der Waals surface area contributed by atoms with Crippen LogP contribution in [0.5, 0.6) is 0 Å². The summed E-state index contributed by atoms with van der Waals surface area (Å²) in [7, 11) is -3.50. The number of allylic oxidation sites excluding steroid dienone is 2. The predicted octanol–water partition coefficient (Wildman–Crippen LogP) is 3.19. The average Bonchev–Trinajstić information content (AvgIpc) is 3.14. The van der Waals surface area contributed by atoms with E-state index in [-0.39, 0.29) is 28.2 Å². The van der Waals surface area contributed by atoms with Gasteiger partial charge in [-0.1, -0.05) is 43.7 Å². The van der Waals surface area contributed by atoms with Gasteiger partial charge in [-0.2, -0.15) is 0 Å². The summed E-state index contributed by atoms with van der Waals surface area (Å²) < 4.78 is 27.7. The lowest BCUT2D eigenvalue weighted by Crippen LogP contribution is -2.47. The van der Waals surface area contributed by atoms with Crippen LogP contribution in [0.2, 0.25) is 0 Å². The molecule has 1 saturated carbocycles. The fourth-order valence-corrected chi connectivity index (χ4v) is 5.45. The van der Waals surface area contributed by atoms with Gasteiger partial charge in [0.25, 0.3) is 0 Å². The van der Waals surface area contributed by atoms with E-state index in [0.717, 1.165) is 0 Å². The predicted molar refractivity (Wildman–Crippen MR) is 107 cm³/mol. The number of sulfonamides is 1. The molecule has 1 aromatic rings. The van der Waals surface area contributed by atoms with Crippen molar-refractivity contribution in [1.82, 2.24) is 9.62 Å². The minimum absolute atomic E-state index is 0.0140. The number of piperidine rings is 1. The van der Waals surface area contributed by atoms with Crippen LogP contribution in [0.4, 0.5) is 0 Å². The summed E-state index contributed by atoms with van der Waals surface area (Å²) in [4.78, 5) is 15.1. The molecule has 0 unspecified atom stereocenters. The summed E-state index contributed by atoms with van der Waals surface area (Å²) in [6, 6.07) is 8.30. The van der Waals surface area contributed by atoms with Gasteiger partial charge in [0.1, 0.15) is 0 Å². The molecule has 1 saturated heterocycles. The van der Waals surface area contributed by atoms with Crippen molar-refractivity contribution in [3.63, 3.8) is 0 Å². The first-order valence-corrected chi connectivity index (χ1v) is 11.1. The average molecular weight is 391 g/mol. The Balaban J connectivity index is 1.57. The van der Waals surface area contributed by atoms with E-state index < -0.39 is 10.0 Å². The standard InChI is InChI=1S/C21H30N2O3S/c1-15(2)14-18-19(21(18,3)4)20(24)23-12-10-16(11-13-23)22-27(25,26)17-8-6-5-7-9-17/h5-9,14,16,18-19,22H,10-13H2,1-4H3/t18-,19+/m0/s1. The van der Waals surface area contributed by atoms with Gasteiger partial charge in [-0.15, -0.1) is 0 Å². The Hall–Kier alpha value is -1.66. The summed E-state index contributed by atoms with van der Waals surface area (Å²) in [5, 5.41) is 0. The lowest BCUT2D eigenvalue weighted by atomic mass is 10.0. The molecule has 1 N–H and O–H groups in total. The van der Waals surface area contributed by atoms with Crippen LogP contribution in [0.1, 0.15) is 40.5 Å². The smallest absolute Gasteiger partial charge is 0.240 e. The van der Waals surface area contributed by atoms with E-state index in [2.05, 4.69) is 38.5 Å². The van der Waals surface area contributed by atoms with E-state index >= 15 is 0 Å². The third kappa shape index (κ3) is 4.27. The Labute approximate surface area is 162 Å². The van der Waals surface area contributed by atoms with E-state index in [1.807, 2.05) is 4.90 Å². The van der Waals surface area contributed by atoms with Gasteiger partial charge in [-0.05, 0) is 50.2 Å². The van der Waals surface area contributed by atoms with Crippen LogP contribution in [0.3, 0.4) is 0 Å². The fourth-order valence-electron chi connectivity index (χ4n) is 4.12. The zero-order valence-electron chi connectivity index (χ0n) is 16.6. The molecule has 0 radical (unpaired) electrons. The van der Waals surface area contributed by atoms with Crippen LogP contribution < -0.4 is 4.72 Å². The van der Waals surface area contributed by atoms with Crippen molar-refractivity contribution in [2.24, 2.45) is 17.3 Å². The third-order valence-electron chi connectivity index (χ3n) is 5.87. The summed E-state index contributed by atoms with van der Waals surface area (Å²) in [5.41, 5.74) is 1.26. The summed E-state index contributed by atoms with van der Waals surface area (Å²) in [6.45, 7) is 9.66. The Morgan fingerprint density at radius 3 is 2.30 bits per heavy atom.